The van der Waals surface area contributed by atoms with Gasteiger partial charge in [-0.1, -0.05) is 36.4 Å². The Balaban J connectivity index is 2.35. The van der Waals surface area contributed by atoms with Crippen molar-refractivity contribution in [2.24, 2.45) is 0 Å². The molecule has 3 aromatic rings. The molecule has 5 nitrogen and oxygen atoms in total. The summed E-state index contributed by atoms with van der Waals surface area (Å²) in [6, 6.07) is 17.8. The second kappa shape index (κ2) is 5.13. The first-order valence-corrected chi connectivity index (χ1v) is 6.43. The van der Waals surface area contributed by atoms with Gasteiger partial charge in [0.1, 0.15) is 5.69 Å². The maximum Gasteiger partial charge on any atom is 0.340 e. The van der Waals surface area contributed by atoms with E-state index in [-0.39, 0.29) is 5.69 Å². The summed E-state index contributed by atoms with van der Waals surface area (Å²) in [5, 5.41) is 0. The Kier molecular flexibility index (Phi) is 3.16. The average Bonchev–Trinajstić information content (AvgIpc) is 2.53. The molecule has 0 fully saturated rings. The molecule has 0 aliphatic heterocycles. The fourth-order valence-electron chi connectivity index (χ4n) is 2.15. The highest BCUT2D eigenvalue weighted by Crippen LogP contribution is 2.07. The Morgan fingerprint density at radius 2 is 1.29 bits per heavy atom. The zero-order chi connectivity index (χ0) is 14.8. The van der Waals surface area contributed by atoms with Crippen molar-refractivity contribution in [2.75, 3.05) is 5.73 Å². The molecule has 0 bridgehead atoms. The Morgan fingerprint density at radius 1 is 0.762 bits per heavy atom. The fraction of sp³-hybridized carbons (Fsp3) is 0. The highest BCUT2D eigenvalue weighted by atomic mass is 16.2. The van der Waals surface area contributed by atoms with Gasteiger partial charge in [-0.15, -0.1) is 0 Å². The third-order valence-corrected chi connectivity index (χ3v) is 3.16. The van der Waals surface area contributed by atoms with Crippen LogP contribution in [0, 0.1) is 0 Å². The van der Waals surface area contributed by atoms with E-state index in [9.17, 15) is 9.59 Å². The molecular weight excluding hydrogens is 266 g/mol. The van der Waals surface area contributed by atoms with E-state index in [2.05, 4.69) is 0 Å². The van der Waals surface area contributed by atoms with Crippen LogP contribution in [-0.4, -0.2) is 9.13 Å². The largest absolute Gasteiger partial charge is 0.393 e. The Hall–Kier alpha value is -3.08. The molecule has 2 aromatic carbocycles. The Bertz CT molecular complexity index is 881. The van der Waals surface area contributed by atoms with Gasteiger partial charge in [0.05, 0.1) is 11.4 Å². The molecule has 0 spiro atoms. The van der Waals surface area contributed by atoms with Gasteiger partial charge in [-0.3, -0.25) is 9.36 Å². The minimum Gasteiger partial charge on any atom is -0.393 e. The van der Waals surface area contributed by atoms with Crippen LogP contribution in [0.4, 0.5) is 5.69 Å². The number of nitrogen functional groups attached to an aromatic ring is 1. The third-order valence-electron chi connectivity index (χ3n) is 3.16. The first-order valence-electron chi connectivity index (χ1n) is 6.43. The number of benzene rings is 2. The lowest BCUT2D eigenvalue weighted by atomic mass is 10.3. The van der Waals surface area contributed by atoms with E-state index in [1.54, 1.807) is 36.4 Å². The molecular formula is C16H13N3O2. The zero-order valence-corrected chi connectivity index (χ0v) is 11.1. The van der Waals surface area contributed by atoms with Crippen LogP contribution in [0.3, 0.4) is 0 Å². The SMILES string of the molecule is Nc1cn(-c2ccccc2)c(=O)n(-c2ccccc2)c1=O. The van der Waals surface area contributed by atoms with Gasteiger partial charge in [0.25, 0.3) is 5.56 Å². The first kappa shape index (κ1) is 12.9. The summed E-state index contributed by atoms with van der Waals surface area (Å²) >= 11 is 0. The summed E-state index contributed by atoms with van der Waals surface area (Å²) in [6.45, 7) is 0. The lowest BCUT2D eigenvalue weighted by Crippen LogP contribution is -2.38. The summed E-state index contributed by atoms with van der Waals surface area (Å²) in [6.07, 6.45) is 1.36. The first-order chi connectivity index (χ1) is 10.2. The van der Waals surface area contributed by atoms with Crippen molar-refractivity contribution in [1.82, 2.24) is 9.13 Å². The summed E-state index contributed by atoms with van der Waals surface area (Å²) < 4.78 is 2.44. The summed E-state index contributed by atoms with van der Waals surface area (Å²) in [5.41, 5.74) is 5.96. The van der Waals surface area contributed by atoms with E-state index in [0.717, 1.165) is 4.57 Å². The molecule has 21 heavy (non-hydrogen) atoms. The molecule has 0 radical (unpaired) electrons. The molecule has 0 saturated heterocycles. The van der Waals surface area contributed by atoms with Gasteiger partial charge < -0.3 is 5.73 Å². The summed E-state index contributed by atoms with van der Waals surface area (Å²) in [5.74, 6) is 0. The minimum absolute atomic E-state index is 0.0160. The number of para-hydroxylation sites is 2. The molecule has 1 aromatic heterocycles. The van der Waals surface area contributed by atoms with Crippen molar-refractivity contribution in [2.45, 2.75) is 0 Å². The van der Waals surface area contributed by atoms with Crippen LogP contribution in [-0.2, 0) is 0 Å². The number of hydrogen-bond acceptors (Lipinski definition) is 3. The zero-order valence-electron chi connectivity index (χ0n) is 11.1. The predicted octanol–water partition coefficient (Wildman–Crippen LogP) is 1.57. The van der Waals surface area contributed by atoms with E-state index < -0.39 is 11.2 Å². The summed E-state index contributed by atoms with van der Waals surface area (Å²) in [4.78, 5) is 24.8. The van der Waals surface area contributed by atoms with Crippen molar-refractivity contribution >= 4 is 5.69 Å². The summed E-state index contributed by atoms with van der Waals surface area (Å²) in [7, 11) is 0. The average molecular weight is 279 g/mol. The second-order valence-corrected chi connectivity index (χ2v) is 4.55. The minimum atomic E-state index is -0.515. The molecule has 2 N–H and O–H groups in total. The monoisotopic (exact) mass is 279 g/mol. The topological polar surface area (TPSA) is 70.0 Å². The third kappa shape index (κ3) is 2.25. The quantitative estimate of drug-likeness (QED) is 0.774. The molecule has 3 rings (SSSR count). The van der Waals surface area contributed by atoms with E-state index in [1.165, 1.54) is 10.8 Å². The number of hydrogen-bond donors (Lipinski definition) is 1. The lowest BCUT2D eigenvalue weighted by Gasteiger charge is -2.11. The number of nitrogens with zero attached hydrogens (tertiary/aromatic N) is 2. The van der Waals surface area contributed by atoms with Gasteiger partial charge in [0.2, 0.25) is 0 Å². The van der Waals surface area contributed by atoms with E-state index in [1.807, 2.05) is 24.3 Å². The maximum atomic E-state index is 12.6. The molecule has 0 aliphatic carbocycles. The second-order valence-electron chi connectivity index (χ2n) is 4.55. The van der Waals surface area contributed by atoms with Crippen molar-refractivity contribution in [3.63, 3.8) is 0 Å². The van der Waals surface area contributed by atoms with Crippen LogP contribution in [0.15, 0.2) is 76.4 Å². The highest BCUT2D eigenvalue weighted by Gasteiger charge is 2.11. The van der Waals surface area contributed by atoms with E-state index in [4.69, 9.17) is 5.73 Å². The molecule has 0 unspecified atom stereocenters. The molecule has 0 saturated carbocycles. The van der Waals surface area contributed by atoms with Crippen LogP contribution in [0.5, 0.6) is 0 Å². The predicted molar refractivity (Wildman–Crippen MR) is 82.0 cm³/mol. The van der Waals surface area contributed by atoms with Crippen molar-refractivity contribution in [3.05, 3.63) is 87.7 Å². The lowest BCUT2D eigenvalue weighted by molar-refractivity contribution is 0.806. The molecule has 0 aliphatic rings. The van der Waals surface area contributed by atoms with Crippen LogP contribution in [0.2, 0.25) is 0 Å². The van der Waals surface area contributed by atoms with Crippen molar-refractivity contribution < 1.29 is 0 Å². The van der Waals surface area contributed by atoms with Gasteiger partial charge in [-0.05, 0) is 24.3 Å². The van der Waals surface area contributed by atoms with Crippen molar-refractivity contribution in [1.29, 1.82) is 0 Å². The maximum absolute atomic E-state index is 12.6. The van der Waals surface area contributed by atoms with Crippen molar-refractivity contribution in [3.8, 4) is 11.4 Å². The smallest absolute Gasteiger partial charge is 0.340 e. The standard InChI is InChI=1S/C16H13N3O2/c17-14-11-18(12-7-3-1-4-8-12)16(21)19(15(14)20)13-9-5-2-6-10-13/h1-11H,17H2. The van der Waals surface area contributed by atoms with Crippen LogP contribution < -0.4 is 17.0 Å². The normalized spacial score (nSPS) is 10.5. The molecule has 104 valence electrons. The number of anilines is 1. The van der Waals surface area contributed by atoms with Crippen LogP contribution in [0.1, 0.15) is 0 Å². The Labute approximate surface area is 120 Å². The number of aromatic nitrogens is 2. The molecule has 0 amide bonds. The van der Waals surface area contributed by atoms with Gasteiger partial charge >= 0.3 is 5.69 Å². The van der Waals surface area contributed by atoms with Gasteiger partial charge in [0.15, 0.2) is 0 Å². The van der Waals surface area contributed by atoms with Crippen LogP contribution >= 0.6 is 0 Å². The van der Waals surface area contributed by atoms with Gasteiger partial charge in [-0.2, -0.15) is 0 Å². The van der Waals surface area contributed by atoms with Gasteiger partial charge in [0, 0.05) is 6.20 Å². The number of nitrogens with two attached hydrogens (primary N) is 1. The van der Waals surface area contributed by atoms with E-state index in [0.29, 0.717) is 11.4 Å². The molecule has 5 heteroatoms. The Morgan fingerprint density at radius 3 is 1.86 bits per heavy atom. The fourth-order valence-corrected chi connectivity index (χ4v) is 2.15. The molecule has 1 heterocycles. The number of rotatable bonds is 2. The van der Waals surface area contributed by atoms with E-state index >= 15 is 0 Å². The van der Waals surface area contributed by atoms with Crippen LogP contribution in [0.25, 0.3) is 11.4 Å². The molecule has 0 atom stereocenters. The van der Waals surface area contributed by atoms with Gasteiger partial charge in [-0.25, -0.2) is 9.36 Å². The highest BCUT2D eigenvalue weighted by molar-refractivity contribution is 5.42.